The molecule has 2 rings (SSSR count). The molecule has 0 aliphatic heterocycles. The summed E-state index contributed by atoms with van der Waals surface area (Å²) in [6, 6.07) is 3.76. The molecule has 90 valence electrons. The van der Waals surface area contributed by atoms with Crippen LogP contribution in [0.15, 0.2) is 12.1 Å². The van der Waals surface area contributed by atoms with Crippen molar-refractivity contribution in [2.24, 2.45) is 5.92 Å². The number of carbonyl (C=O) groups excluding carboxylic acids is 2. The van der Waals surface area contributed by atoms with E-state index in [1.165, 1.54) is 0 Å². The number of hydrogen-bond donors (Lipinski definition) is 0. The van der Waals surface area contributed by atoms with E-state index >= 15 is 0 Å². The number of methoxy groups -OCH3 is 2. The Morgan fingerprint density at radius 1 is 1.18 bits per heavy atom. The van der Waals surface area contributed by atoms with Gasteiger partial charge in [-0.2, -0.15) is 0 Å². The Bertz CT molecular complexity index is 432. The Morgan fingerprint density at radius 2 is 1.65 bits per heavy atom. The van der Waals surface area contributed by atoms with Crippen molar-refractivity contribution in [2.75, 3.05) is 14.2 Å². The molecule has 0 spiro atoms. The van der Waals surface area contributed by atoms with Crippen LogP contribution in [-0.2, 0) is 22.4 Å². The SMILES string of the molecule is COc1cc2c(cc1OC)CC(C(=O)C=O)C2. The van der Waals surface area contributed by atoms with Crippen LogP contribution in [0.1, 0.15) is 11.1 Å². The second kappa shape index (κ2) is 4.57. The molecule has 17 heavy (non-hydrogen) atoms. The van der Waals surface area contributed by atoms with Crippen molar-refractivity contribution in [1.82, 2.24) is 0 Å². The monoisotopic (exact) mass is 234 g/mol. The van der Waals surface area contributed by atoms with E-state index in [4.69, 9.17) is 9.47 Å². The van der Waals surface area contributed by atoms with Gasteiger partial charge in [-0.1, -0.05) is 0 Å². The van der Waals surface area contributed by atoms with E-state index in [2.05, 4.69) is 0 Å². The first-order chi connectivity index (χ1) is 8.19. The lowest BCUT2D eigenvalue weighted by atomic mass is 10.0. The highest BCUT2D eigenvalue weighted by Crippen LogP contribution is 2.36. The molecule has 4 nitrogen and oxygen atoms in total. The van der Waals surface area contributed by atoms with Gasteiger partial charge in [0.25, 0.3) is 0 Å². The van der Waals surface area contributed by atoms with Gasteiger partial charge in [0.1, 0.15) is 0 Å². The molecule has 1 aliphatic carbocycles. The van der Waals surface area contributed by atoms with Crippen molar-refractivity contribution in [1.29, 1.82) is 0 Å². The highest BCUT2D eigenvalue weighted by Gasteiger charge is 2.28. The third kappa shape index (κ3) is 2.02. The fourth-order valence-electron chi connectivity index (χ4n) is 2.24. The molecular weight excluding hydrogens is 220 g/mol. The van der Waals surface area contributed by atoms with E-state index in [-0.39, 0.29) is 11.7 Å². The molecule has 0 unspecified atom stereocenters. The molecule has 4 heteroatoms. The van der Waals surface area contributed by atoms with Crippen LogP contribution < -0.4 is 9.47 Å². The predicted octanol–water partition coefficient (Wildman–Crippen LogP) is 1.19. The van der Waals surface area contributed by atoms with Gasteiger partial charge in [0, 0.05) is 5.92 Å². The second-order valence-corrected chi connectivity index (χ2v) is 4.10. The molecule has 0 amide bonds. The molecular formula is C13H14O4. The molecule has 0 radical (unpaired) electrons. The Balaban J connectivity index is 2.32. The minimum absolute atomic E-state index is 0.223. The Hall–Kier alpha value is -1.84. The first-order valence-corrected chi connectivity index (χ1v) is 5.42. The maximum absolute atomic E-state index is 11.4. The molecule has 0 aromatic heterocycles. The molecule has 0 saturated heterocycles. The van der Waals surface area contributed by atoms with E-state index in [0.29, 0.717) is 30.6 Å². The largest absolute Gasteiger partial charge is 0.493 e. The minimum Gasteiger partial charge on any atom is -0.493 e. The van der Waals surface area contributed by atoms with Crippen LogP contribution in [0.25, 0.3) is 0 Å². The topological polar surface area (TPSA) is 52.6 Å². The van der Waals surface area contributed by atoms with Gasteiger partial charge in [0.2, 0.25) is 0 Å². The molecule has 1 aromatic rings. The quantitative estimate of drug-likeness (QED) is 0.580. The number of hydrogen-bond acceptors (Lipinski definition) is 4. The van der Waals surface area contributed by atoms with E-state index in [0.717, 1.165) is 11.1 Å². The number of Topliss-reactive ketones (excluding diaryl/α,β-unsaturated/α-hetero) is 1. The molecule has 0 bridgehead atoms. The lowest BCUT2D eigenvalue weighted by molar-refractivity contribution is -0.132. The number of ketones is 1. The molecule has 0 saturated carbocycles. The lowest BCUT2D eigenvalue weighted by Crippen LogP contribution is -2.15. The highest BCUT2D eigenvalue weighted by atomic mass is 16.5. The van der Waals surface area contributed by atoms with E-state index < -0.39 is 0 Å². The number of carbonyl (C=O) groups is 2. The molecule has 1 aromatic carbocycles. The zero-order valence-corrected chi connectivity index (χ0v) is 9.86. The van der Waals surface area contributed by atoms with Crippen LogP contribution in [0.4, 0.5) is 0 Å². The average molecular weight is 234 g/mol. The summed E-state index contributed by atoms with van der Waals surface area (Å²) in [4.78, 5) is 21.9. The van der Waals surface area contributed by atoms with Crippen LogP contribution in [0.3, 0.4) is 0 Å². The zero-order chi connectivity index (χ0) is 12.4. The summed E-state index contributed by atoms with van der Waals surface area (Å²) in [5.41, 5.74) is 2.12. The van der Waals surface area contributed by atoms with E-state index in [1.54, 1.807) is 14.2 Å². The fraction of sp³-hybridized carbons (Fsp3) is 0.385. The maximum atomic E-state index is 11.4. The van der Waals surface area contributed by atoms with Crippen LogP contribution in [0.5, 0.6) is 11.5 Å². The zero-order valence-electron chi connectivity index (χ0n) is 9.86. The number of benzene rings is 1. The van der Waals surface area contributed by atoms with Crippen LogP contribution in [0, 0.1) is 5.92 Å². The van der Waals surface area contributed by atoms with Gasteiger partial charge in [0.15, 0.2) is 23.6 Å². The maximum Gasteiger partial charge on any atom is 0.198 e. The molecule has 0 atom stereocenters. The van der Waals surface area contributed by atoms with Gasteiger partial charge in [0.05, 0.1) is 14.2 Å². The van der Waals surface area contributed by atoms with Gasteiger partial charge >= 0.3 is 0 Å². The molecule has 0 heterocycles. The van der Waals surface area contributed by atoms with Gasteiger partial charge in [-0.15, -0.1) is 0 Å². The second-order valence-electron chi connectivity index (χ2n) is 4.10. The molecule has 0 N–H and O–H groups in total. The van der Waals surface area contributed by atoms with E-state index in [9.17, 15) is 9.59 Å². The Kier molecular flexibility index (Phi) is 3.13. The number of rotatable bonds is 4. The summed E-state index contributed by atoms with van der Waals surface area (Å²) < 4.78 is 10.4. The minimum atomic E-state index is -0.334. The standard InChI is InChI=1S/C13H14O4/c1-16-12-5-8-3-10(11(15)7-14)4-9(8)6-13(12)17-2/h5-7,10H,3-4H2,1-2H3. The Labute approximate surface area is 99.5 Å². The third-order valence-corrected chi connectivity index (χ3v) is 3.16. The summed E-state index contributed by atoms with van der Waals surface area (Å²) >= 11 is 0. The van der Waals surface area contributed by atoms with Crippen molar-refractivity contribution < 1.29 is 19.1 Å². The summed E-state index contributed by atoms with van der Waals surface area (Å²) in [5, 5.41) is 0. The van der Waals surface area contributed by atoms with Crippen molar-refractivity contribution >= 4 is 12.1 Å². The van der Waals surface area contributed by atoms with Crippen LogP contribution >= 0.6 is 0 Å². The summed E-state index contributed by atoms with van der Waals surface area (Å²) in [6.07, 6.45) is 1.62. The lowest BCUT2D eigenvalue weighted by Gasteiger charge is -2.09. The summed E-state index contributed by atoms with van der Waals surface area (Å²) in [7, 11) is 3.15. The molecule has 1 aliphatic rings. The highest BCUT2D eigenvalue weighted by molar-refractivity contribution is 6.26. The van der Waals surface area contributed by atoms with Crippen molar-refractivity contribution in [3.8, 4) is 11.5 Å². The van der Waals surface area contributed by atoms with Crippen molar-refractivity contribution in [2.45, 2.75) is 12.8 Å². The first-order valence-electron chi connectivity index (χ1n) is 5.42. The van der Waals surface area contributed by atoms with Crippen LogP contribution in [-0.4, -0.2) is 26.3 Å². The third-order valence-electron chi connectivity index (χ3n) is 3.16. The van der Waals surface area contributed by atoms with Crippen molar-refractivity contribution in [3.63, 3.8) is 0 Å². The number of aldehydes is 1. The first kappa shape index (κ1) is 11.6. The normalized spacial score (nSPS) is 14.2. The Morgan fingerprint density at radius 3 is 2.00 bits per heavy atom. The predicted molar refractivity (Wildman–Crippen MR) is 61.5 cm³/mol. The number of fused-ring (bicyclic) bond motifs is 1. The fourth-order valence-corrected chi connectivity index (χ4v) is 2.24. The van der Waals surface area contributed by atoms with Gasteiger partial charge < -0.3 is 9.47 Å². The van der Waals surface area contributed by atoms with Crippen molar-refractivity contribution in [3.05, 3.63) is 23.3 Å². The smallest absolute Gasteiger partial charge is 0.198 e. The van der Waals surface area contributed by atoms with Gasteiger partial charge in [-0.3, -0.25) is 9.59 Å². The average Bonchev–Trinajstić information content (AvgIpc) is 2.78. The molecule has 0 fully saturated rings. The van der Waals surface area contributed by atoms with E-state index in [1.807, 2.05) is 12.1 Å². The van der Waals surface area contributed by atoms with Crippen LogP contribution in [0.2, 0.25) is 0 Å². The van der Waals surface area contributed by atoms with Gasteiger partial charge in [-0.05, 0) is 36.1 Å². The summed E-state index contributed by atoms with van der Waals surface area (Å²) in [5.74, 6) is 0.759. The summed E-state index contributed by atoms with van der Waals surface area (Å²) in [6.45, 7) is 0. The number of ether oxygens (including phenoxy) is 2. The van der Waals surface area contributed by atoms with Gasteiger partial charge in [-0.25, -0.2) is 0 Å².